The zero-order valence-corrected chi connectivity index (χ0v) is 16.0. The zero-order valence-electron chi connectivity index (χ0n) is 16.0. The topological polar surface area (TPSA) is 72.2 Å². The Morgan fingerprint density at radius 2 is 1.89 bits per heavy atom. The number of rotatable bonds is 5. The Hall–Kier alpha value is -2.41. The summed E-state index contributed by atoms with van der Waals surface area (Å²) in [6, 6.07) is 8.17. The molecule has 1 amide bonds. The standard InChI is InChI=1S/C20H27N5O2/c1-14-5-3-4-6-17(14)21-18(26)13-24-11-9-15(10-12-24)19-22-23(2)20(27)25(19)16-7-8-16/h3-6,15-16H,7-13H2,1-2H3,(H,21,26). The number of hydrogen-bond donors (Lipinski definition) is 1. The number of carbonyl (C=O) groups excluding carboxylic acids is 1. The highest BCUT2D eigenvalue weighted by Crippen LogP contribution is 2.37. The molecule has 0 spiro atoms. The molecular formula is C20H27N5O2. The van der Waals surface area contributed by atoms with E-state index in [4.69, 9.17) is 0 Å². The fourth-order valence-electron chi connectivity index (χ4n) is 3.91. The fraction of sp³-hybridized carbons (Fsp3) is 0.550. The van der Waals surface area contributed by atoms with Crippen LogP contribution < -0.4 is 11.0 Å². The van der Waals surface area contributed by atoms with E-state index in [1.165, 1.54) is 4.68 Å². The van der Waals surface area contributed by atoms with Crippen LogP contribution in [0.4, 0.5) is 5.69 Å². The number of hydrogen-bond acceptors (Lipinski definition) is 4. The number of carbonyl (C=O) groups is 1. The van der Waals surface area contributed by atoms with E-state index in [1.807, 2.05) is 35.8 Å². The Morgan fingerprint density at radius 3 is 2.56 bits per heavy atom. The molecule has 0 atom stereocenters. The Morgan fingerprint density at radius 1 is 1.19 bits per heavy atom. The molecule has 1 saturated carbocycles. The largest absolute Gasteiger partial charge is 0.345 e. The maximum absolute atomic E-state index is 12.4. The number of anilines is 1. The molecule has 144 valence electrons. The van der Waals surface area contributed by atoms with Crippen LogP contribution in [-0.4, -0.2) is 44.8 Å². The van der Waals surface area contributed by atoms with Crippen molar-refractivity contribution < 1.29 is 4.79 Å². The van der Waals surface area contributed by atoms with Crippen LogP contribution in [0.25, 0.3) is 0 Å². The summed E-state index contributed by atoms with van der Waals surface area (Å²) in [4.78, 5) is 26.9. The number of nitrogens with zero attached hydrogens (tertiary/aromatic N) is 4. The van der Waals surface area contributed by atoms with Crippen molar-refractivity contribution in [2.75, 3.05) is 25.0 Å². The normalized spacial score (nSPS) is 18.6. The molecule has 1 aliphatic heterocycles. The molecule has 7 heteroatoms. The molecule has 4 rings (SSSR count). The Bertz CT molecular complexity index is 888. The quantitative estimate of drug-likeness (QED) is 0.875. The maximum atomic E-state index is 12.4. The molecule has 1 N–H and O–H groups in total. The average molecular weight is 369 g/mol. The second-order valence-electron chi connectivity index (χ2n) is 7.78. The summed E-state index contributed by atoms with van der Waals surface area (Å²) in [5.41, 5.74) is 1.95. The van der Waals surface area contributed by atoms with Crippen molar-refractivity contribution in [3.05, 3.63) is 46.1 Å². The predicted molar refractivity (Wildman–Crippen MR) is 104 cm³/mol. The Kier molecular flexibility index (Phi) is 4.86. The number of nitrogens with one attached hydrogen (secondary N) is 1. The fourth-order valence-corrected chi connectivity index (χ4v) is 3.91. The molecule has 1 aliphatic carbocycles. The summed E-state index contributed by atoms with van der Waals surface area (Å²) < 4.78 is 3.38. The molecule has 0 bridgehead atoms. The molecule has 27 heavy (non-hydrogen) atoms. The predicted octanol–water partition coefficient (Wildman–Crippen LogP) is 2.04. The second kappa shape index (κ2) is 7.31. The van der Waals surface area contributed by atoms with Gasteiger partial charge in [-0.2, -0.15) is 5.10 Å². The van der Waals surface area contributed by atoms with Crippen molar-refractivity contribution in [2.24, 2.45) is 7.05 Å². The van der Waals surface area contributed by atoms with E-state index in [9.17, 15) is 9.59 Å². The van der Waals surface area contributed by atoms with Gasteiger partial charge in [0.15, 0.2) is 0 Å². The smallest absolute Gasteiger partial charge is 0.325 e. The van der Waals surface area contributed by atoms with Crippen LogP contribution in [0.1, 0.15) is 49.0 Å². The summed E-state index contributed by atoms with van der Waals surface area (Å²) in [5.74, 6) is 1.26. The zero-order chi connectivity index (χ0) is 19.0. The van der Waals surface area contributed by atoms with Gasteiger partial charge in [-0.15, -0.1) is 0 Å². The Balaban J connectivity index is 1.34. The van der Waals surface area contributed by atoms with Crippen LogP contribution >= 0.6 is 0 Å². The number of aryl methyl sites for hydroxylation is 2. The number of aromatic nitrogens is 3. The lowest BCUT2D eigenvalue weighted by molar-refractivity contribution is -0.117. The highest BCUT2D eigenvalue weighted by atomic mass is 16.2. The highest BCUT2D eigenvalue weighted by molar-refractivity contribution is 5.92. The van der Waals surface area contributed by atoms with Crippen LogP contribution in [-0.2, 0) is 11.8 Å². The van der Waals surface area contributed by atoms with Gasteiger partial charge < -0.3 is 5.32 Å². The van der Waals surface area contributed by atoms with Crippen molar-refractivity contribution in [3.63, 3.8) is 0 Å². The van der Waals surface area contributed by atoms with Gasteiger partial charge in [0, 0.05) is 24.7 Å². The van der Waals surface area contributed by atoms with E-state index in [0.717, 1.165) is 55.8 Å². The third kappa shape index (κ3) is 3.83. The van der Waals surface area contributed by atoms with Gasteiger partial charge in [-0.1, -0.05) is 18.2 Å². The monoisotopic (exact) mass is 369 g/mol. The van der Waals surface area contributed by atoms with Crippen LogP contribution in [0.2, 0.25) is 0 Å². The van der Waals surface area contributed by atoms with E-state index in [2.05, 4.69) is 15.3 Å². The van der Waals surface area contributed by atoms with E-state index in [-0.39, 0.29) is 11.6 Å². The molecule has 1 aromatic carbocycles. The highest BCUT2D eigenvalue weighted by Gasteiger charge is 2.33. The summed E-state index contributed by atoms with van der Waals surface area (Å²) in [6.07, 6.45) is 4.02. The van der Waals surface area contributed by atoms with Crippen molar-refractivity contribution in [1.29, 1.82) is 0 Å². The lowest BCUT2D eigenvalue weighted by Gasteiger charge is -2.31. The van der Waals surface area contributed by atoms with Gasteiger partial charge in [0.05, 0.1) is 6.54 Å². The summed E-state index contributed by atoms with van der Waals surface area (Å²) in [6.45, 7) is 4.09. The third-order valence-corrected chi connectivity index (χ3v) is 5.63. The lowest BCUT2D eigenvalue weighted by atomic mass is 9.96. The van der Waals surface area contributed by atoms with Crippen molar-refractivity contribution in [3.8, 4) is 0 Å². The van der Waals surface area contributed by atoms with E-state index >= 15 is 0 Å². The van der Waals surface area contributed by atoms with Gasteiger partial charge in [0.1, 0.15) is 5.82 Å². The molecular weight excluding hydrogens is 342 g/mol. The van der Waals surface area contributed by atoms with Crippen molar-refractivity contribution in [1.82, 2.24) is 19.2 Å². The minimum Gasteiger partial charge on any atom is -0.325 e. The minimum absolute atomic E-state index is 0.00698. The van der Waals surface area contributed by atoms with Gasteiger partial charge >= 0.3 is 5.69 Å². The maximum Gasteiger partial charge on any atom is 0.345 e. The van der Waals surface area contributed by atoms with E-state index in [0.29, 0.717) is 18.5 Å². The SMILES string of the molecule is Cc1ccccc1NC(=O)CN1CCC(c2nn(C)c(=O)n2C2CC2)CC1. The van der Waals surface area contributed by atoms with Crippen molar-refractivity contribution >= 4 is 11.6 Å². The minimum atomic E-state index is 0.00698. The molecule has 0 unspecified atom stereocenters. The molecule has 2 aliphatic rings. The molecule has 1 aromatic heterocycles. The first-order valence-electron chi connectivity index (χ1n) is 9.76. The third-order valence-electron chi connectivity index (χ3n) is 5.63. The first kappa shape index (κ1) is 18.0. The van der Waals surface area contributed by atoms with Crippen LogP contribution in [0.5, 0.6) is 0 Å². The Labute approximate surface area is 159 Å². The number of amides is 1. The number of benzene rings is 1. The summed E-state index contributed by atoms with van der Waals surface area (Å²) >= 11 is 0. The van der Waals surface area contributed by atoms with Crippen LogP contribution in [0, 0.1) is 6.92 Å². The van der Waals surface area contributed by atoms with E-state index in [1.54, 1.807) is 7.05 Å². The molecule has 7 nitrogen and oxygen atoms in total. The van der Waals surface area contributed by atoms with Crippen LogP contribution in [0.15, 0.2) is 29.1 Å². The van der Waals surface area contributed by atoms with Gasteiger partial charge in [-0.25, -0.2) is 9.48 Å². The van der Waals surface area contributed by atoms with Gasteiger partial charge in [0.2, 0.25) is 5.91 Å². The molecule has 2 heterocycles. The number of likely N-dealkylation sites (tertiary alicyclic amines) is 1. The molecule has 0 radical (unpaired) electrons. The number of piperidine rings is 1. The van der Waals surface area contributed by atoms with Gasteiger partial charge in [-0.3, -0.25) is 14.3 Å². The summed E-state index contributed by atoms with van der Waals surface area (Å²) in [5, 5.41) is 7.52. The summed E-state index contributed by atoms with van der Waals surface area (Å²) in [7, 11) is 1.73. The lowest BCUT2D eigenvalue weighted by Crippen LogP contribution is -2.39. The van der Waals surface area contributed by atoms with E-state index < -0.39 is 0 Å². The van der Waals surface area contributed by atoms with Gasteiger partial charge in [-0.05, 0) is 57.3 Å². The van der Waals surface area contributed by atoms with Gasteiger partial charge in [0.25, 0.3) is 0 Å². The molecule has 1 saturated heterocycles. The van der Waals surface area contributed by atoms with Crippen LogP contribution in [0.3, 0.4) is 0 Å². The first-order chi connectivity index (χ1) is 13.0. The second-order valence-corrected chi connectivity index (χ2v) is 7.78. The molecule has 2 aromatic rings. The first-order valence-corrected chi connectivity index (χ1v) is 9.76. The molecule has 2 fully saturated rings. The average Bonchev–Trinajstić information content (AvgIpc) is 3.44. The number of para-hydroxylation sites is 1. The van der Waals surface area contributed by atoms with Crippen molar-refractivity contribution in [2.45, 2.75) is 44.6 Å².